The van der Waals surface area contributed by atoms with Gasteiger partial charge >= 0.3 is 0 Å². The fourth-order valence-electron chi connectivity index (χ4n) is 3.07. The van der Waals surface area contributed by atoms with E-state index >= 15 is 0 Å². The lowest BCUT2D eigenvalue weighted by Crippen LogP contribution is -2.06. The van der Waals surface area contributed by atoms with Gasteiger partial charge in [-0.15, -0.1) is 0 Å². The monoisotopic (exact) mass is 326 g/mol. The molecule has 0 nitrogen and oxygen atoms in total. The molecule has 1 heterocycles. The highest BCUT2D eigenvalue weighted by atomic mass is 31.1. The van der Waals surface area contributed by atoms with Crippen LogP contribution in [0.4, 0.5) is 0 Å². The maximum atomic E-state index is 2.48. The summed E-state index contributed by atoms with van der Waals surface area (Å²) in [6.45, 7) is 0. The van der Waals surface area contributed by atoms with Crippen LogP contribution >= 0.6 is 7.92 Å². The van der Waals surface area contributed by atoms with Crippen molar-refractivity contribution in [3.8, 4) is 0 Å². The molecule has 0 radical (unpaired) electrons. The van der Waals surface area contributed by atoms with Gasteiger partial charge in [0.15, 0.2) is 0 Å². The largest absolute Gasteiger partial charge is 0.0622 e. The molecular formula is C23H19P. The van der Waals surface area contributed by atoms with Gasteiger partial charge in [-0.25, -0.2) is 0 Å². The number of benzene rings is 3. The Bertz CT molecular complexity index is 862. The van der Waals surface area contributed by atoms with Crippen LogP contribution in [0.25, 0.3) is 11.1 Å². The Morgan fingerprint density at radius 2 is 1.12 bits per heavy atom. The average molecular weight is 326 g/mol. The molecule has 0 bridgehead atoms. The van der Waals surface area contributed by atoms with E-state index in [4.69, 9.17) is 0 Å². The summed E-state index contributed by atoms with van der Waals surface area (Å²) in [5.41, 5.74) is 5.42. The normalized spacial score (nSPS) is 17.1. The summed E-state index contributed by atoms with van der Waals surface area (Å²) in [6.07, 6.45) is 3.48. The van der Waals surface area contributed by atoms with Gasteiger partial charge < -0.3 is 0 Å². The maximum absolute atomic E-state index is 2.48. The van der Waals surface area contributed by atoms with E-state index in [0.717, 1.165) is 6.16 Å². The third-order valence-electron chi connectivity index (χ3n) is 4.30. The Morgan fingerprint density at radius 3 is 1.75 bits per heavy atom. The number of hydrogen-bond donors (Lipinski definition) is 0. The molecule has 0 fully saturated rings. The van der Waals surface area contributed by atoms with Crippen molar-refractivity contribution in [2.75, 3.05) is 6.16 Å². The van der Waals surface area contributed by atoms with Crippen molar-refractivity contribution in [1.29, 1.82) is 0 Å². The summed E-state index contributed by atoms with van der Waals surface area (Å²) in [5.74, 6) is 2.48. The summed E-state index contributed by atoms with van der Waals surface area (Å²) in [5, 5.41) is 1.45. The second-order valence-electron chi connectivity index (χ2n) is 5.95. The van der Waals surface area contributed by atoms with Crippen LogP contribution < -0.4 is 5.30 Å². The van der Waals surface area contributed by atoms with Crippen LogP contribution in [0.3, 0.4) is 0 Å². The van der Waals surface area contributed by atoms with Gasteiger partial charge in [0.1, 0.15) is 0 Å². The van der Waals surface area contributed by atoms with Crippen LogP contribution in [-0.2, 0) is 0 Å². The van der Waals surface area contributed by atoms with Gasteiger partial charge in [-0.1, -0.05) is 97.1 Å². The molecule has 0 saturated heterocycles. The van der Waals surface area contributed by atoms with Gasteiger partial charge in [0, 0.05) is 6.16 Å². The topological polar surface area (TPSA) is 0 Å². The van der Waals surface area contributed by atoms with Crippen molar-refractivity contribution in [3.05, 3.63) is 114 Å². The highest BCUT2D eigenvalue weighted by Gasteiger charge is 2.18. The molecule has 0 aliphatic carbocycles. The Hall–Kier alpha value is -2.43. The highest BCUT2D eigenvalue weighted by Crippen LogP contribution is 2.47. The van der Waals surface area contributed by atoms with Crippen molar-refractivity contribution in [1.82, 2.24) is 0 Å². The van der Waals surface area contributed by atoms with E-state index in [-0.39, 0.29) is 7.92 Å². The zero-order chi connectivity index (χ0) is 16.2. The van der Waals surface area contributed by atoms with Gasteiger partial charge in [0.05, 0.1) is 0 Å². The molecule has 116 valence electrons. The van der Waals surface area contributed by atoms with Gasteiger partial charge in [-0.2, -0.15) is 0 Å². The molecule has 0 amide bonds. The van der Waals surface area contributed by atoms with E-state index in [2.05, 4.69) is 103 Å². The molecule has 0 N–H and O–H groups in total. The minimum Gasteiger partial charge on any atom is -0.0622 e. The zero-order valence-corrected chi connectivity index (χ0v) is 14.4. The zero-order valence-electron chi connectivity index (χ0n) is 13.5. The SMILES string of the molecule is C1=C(c2ccccc2)C=C(c2ccccc2)CP1c1ccccc1. The van der Waals surface area contributed by atoms with Gasteiger partial charge in [0.2, 0.25) is 0 Å². The van der Waals surface area contributed by atoms with E-state index in [0.29, 0.717) is 0 Å². The van der Waals surface area contributed by atoms with Crippen LogP contribution in [0.1, 0.15) is 11.1 Å². The molecule has 1 atom stereocenters. The van der Waals surface area contributed by atoms with Gasteiger partial charge in [-0.05, 0) is 41.3 Å². The minimum absolute atomic E-state index is 0.323. The quantitative estimate of drug-likeness (QED) is 0.523. The Morgan fingerprint density at radius 1 is 0.583 bits per heavy atom. The summed E-state index contributed by atoms with van der Waals surface area (Å²) in [6, 6.07) is 32.4. The van der Waals surface area contributed by atoms with E-state index in [1.54, 1.807) is 0 Å². The molecule has 24 heavy (non-hydrogen) atoms. The minimum atomic E-state index is -0.323. The molecule has 3 aromatic carbocycles. The lowest BCUT2D eigenvalue weighted by molar-refractivity contribution is 1.55. The van der Waals surface area contributed by atoms with Crippen molar-refractivity contribution in [2.24, 2.45) is 0 Å². The average Bonchev–Trinajstić information content (AvgIpc) is 2.70. The van der Waals surface area contributed by atoms with Gasteiger partial charge in [0.25, 0.3) is 0 Å². The van der Waals surface area contributed by atoms with E-state index in [1.807, 2.05) is 0 Å². The van der Waals surface area contributed by atoms with Crippen LogP contribution in [0, 0.1) is 0 Å². The second-order valence-corrected chi connectivity index (χ2v) is 7.98. The Balaban J connectivity index is 1.79. The van der Waals surface area contributed by atoms with Crippen LogP contribution in [0.15, 0.2) is 103 Å². The summed E-state index contributed by atoms with van der Waals surface area (Å²) in [4.78, 5) is 0. The number of hydrogen-bond acceptors (Lipinski definition) is 0. The summed E-state index contributed by atoms with van der Waals surface area (Å²) >= 11 is 0. The second kappa shape index (κ2) is 6.99. The summed E-state index contributed by atoms with van der Waals surface area (Å²) < 4.78 is 0. The first-order valence-electron chi connectivity index (χ1n) is 8.25. The fourth-order valence-corrected chi connectivity index (χ4v) is 5.25. The molecule has 0 saturated carbocycles. The van der Waals surface area contributed by atoms with Crippen molar-refractivity contribution in [3.63, 3.8) is 0 Å². The van der Waals surface area contributed by atoms with Crippen molar-refractivity contribution in [2.45, 2.75) is 0 Å². The van der Waals surface area contributed by atoms with E-state index in [9.17, 15) is 0 Å². The van der Waals surface area contributed by atoms with Crippen molar-refractivity contribution >= 4 is 24.4 Å². The van der Waals surface area contributed by atoms with Gasteiger partial charge in [-0.3, -0.25) is 0 Å². The number of allylic oxidation sites excluding steroid dienone is 3. The maximum Gasteiger partial charge on any atom is 0.000831 e. The lowest BCUT2D eigenvalue weighted by atomic mass is 10.0. The van der Waals surface area contributed by atoms with E-state index < -0.39 is 0 Å². The third kappa shape index (κ3) is 3.25. The molecule has 4 rings (SSSR count). The Labute approximate surface area is 144 Å². The predicted octanol–water partition coefficient (Wildman–Crippen LogP) is 5.93. The molecule has 3 aromatic rings. The highest BCUT2D eigenvalue weighted by molar-refractivity contribution is 7.69. The fraction of sp³-hybridized carbons (Fsp3) is 0.0435. The first kappa shape index (κ1) is 15.1. The lowest BCUT2D eigenvalue weighted by Gasteiger charge is -2.23. The van der Waals surface area contributed by atoms with Crippen LogP contribution in [-0.4, -0.2) is 6.16 Å². The summed E-state index contributed by atoms with van der Waals surface area (Å²) in [7, 11) is -0.323. The third-order valence-corrected chi connectivity index (χ3v) is 6.54. The molecule has 1 heteroatoms. The number of rotatable bonds is 3. The van der Waals surface area contributed by atoms with Crippen molar-refractivity contribution < 1.29 is 0 Å². The predicted molar refractivity (Wildman–Crippen MR) is 107 cm³/mol. The molecule has 1 aliphatic rings. The standard InChI is InChI=1S/C23H19P/c1-4-10-19(11-5-1)21-16-22(20-12-6-2-7-13-20)18-24(17-21)23-14-8-3-9-15-23/h1-17H,18H2. The molecule has 1 aliphatic heterocycles. The van der Waals surface area contributed by atoms with E-state index in [1.165, 1.54) is 27.6 Å². The smallest absolute Gasteiger partial charge is 0.000831 e. The molecule has 0 spiro atoms. The Kier molecular flexibility index (Phi) is 4.40. The van der Waals surface area contributed by atoms with Crippen LogP contribution in [0.2, 0.25) is 0 Å². The molecule has 0 aromatic heterocycles. The first-order chi connectivity index (χ1) is 11.9. The molecular weight excluding hydrogens is 307 g/mol. The first-order valence-corrected chi connectivity index (χ1v) is 9.85. The molecule has 1 unspecified atom stereocenters. The van der Waals surface area contributed by atoms with Crippen LogP contribution in [0.5, 0.6) is 0 Å².